The van der Waals surface area contributed by atoms with E-state index in [0.29, 0.717) is 18.1 Å². The van der Waals surface area contributed by atoms with E-state index in [0.717, 1.165) is 15.7 Å². The molecule has 1 aromatic carbocycles. The first-order chi connectivity index (χ1) is 9.08. The summed E-state index contributed by atoms with van der Waals surface area (Å²) in [5.41, 5.74) is 8.23. The predicted molar refractivity (Wildman–Crippen MR) is 83.3 cm³/mol. The van der Waals surface area contributed by atoms with Crippen LogP contribution in [0, 0.1) is 6.92 Å². The molecule has 0 amide bonds. The van der Waals surface area contributed by atoms with Crippen LogP contribution in [0.5, 0.6) is 5.88 Å². The summed E-state index contributed by atoms with van der Waals surface area (Å²) in [6.07, 6.45) is 0. The Balaban J connectivity index is 2.22. The number of nitrogens with zero attached hydrogens (tertiary/aromatic N) is 1. The minimum Gasteiger partial charge on any atom is -0.472 e. The van der Waals surface area contributed by atoms with E-state index in [9.17, 15) is 0 Å². The van der Waals surface area contributed by atoms with Crippen LogP contribution >= 0.6 is 28.1 Å². The summed E-state index contributed by atoms with van der Waals surface area (Å²) in [7, 11) is 0. The molecule has 5 heteroatoms. The van der Waals surface area contributed by atoms with Crippen molar-refractivity contribution >= 4 is 33.1 Å². The van der Waals surface area contributed by atoms with E-state index in [2.05, 4.69) is 20.9 Å². The fourth-order valence-electron chi connectivity index (χ4n) is 1.59. The van der Waals surface area contributed by atoms with Gasteiger partial charge in [-0.1, -0.05) is 46.3 Å². The third-order valence-corrected chi connectivity index (χ3v) is 3.58. The van der Waals surface area contributed by atoms with E-state index in [1.54, 1.807) is 0 Å². The van der Waals surface area contributed by atoms with Crippen molar-refractivity contribution in [1.82, 2.24) is 4.98 Å². The molecule has 0 saturated carbocycles. The smallest absolute Gasteiger partial charge is 0.224 e. The number of hydrogen-bond donors (Lipinski definition) is 1. The number of halogens is 1. The lowest BCUT2D eigenvalue weighted by Gasteiger charge is -2.11. The first kappa shape index (κ1) is 14.0. The Hall–Kier alpha value is -1.46. The van der Waals surface area contributed by atoms with E-state index >= 15 is 0 Å². The van der Waals surface area contributed by atoms with Crippen LogP contribution in [0.15, 0.2) is 40.9 Å². The quantitative estimate of drug-likeness (QED) is 0.869. The molecule has 0 aliphatic carbocycles. The van der Waals surface area contributed by atoms with Crippen molar-refractivity contribution in [2.45, 2.75) is 13.5 Å². The van der Waals surface area contributed by atoms with Gasteiger partial charge in [-0.2, -0.15) is 0 Å². The Morgan fingerprint density at radius 2 is 2.05 bits per heavy atom. The zero-order valence-electron chi connectivity index (χ0n) is 10.4. The van der Waals surface area contributed by atoms with Crippen molar-refractivity contribution in [2.75, 3.05) is 0 Å². The molecule has 0 bridgehead atoms. The standard InChI is InChI=1S/C14H13BrN2OS/c1-9-6-7-11(13(16)19)14(17-9)18-8-10-4-2-3-5-12(10)15/h2-7H,8H2,1H3,(H2,16,19). The number of aryl methyl sites for hydroxylation is 1. The zero-order chi connectivity index (χ0) is 13.8. The number of ether oxygens (including phenoxy) is 1. The minimum atomic E-state index is 0.287. The molecule has 98 valence electrons. The third kappa shape index (κ3) is 3.52. The van der Waals surface area contributed by atoms with Gasteiger partial charge in [-0.05, 0) is 25.1 Å². The van der Waals surface area contributed by atoms with Gasteiger partial charge in [-0.25, -0.2) is 4.98 Å². The average molecular weight is 337 g/mol. The minimum absolute atomic E-state index is 0.287. The highest BCUT2D eigenvalue weighted by atomic mass is 79.9. The number of hydrogen-bond acceptors (Lipinski definition) is 3. The number of benzene rings is 1. The van der Waals surface area contributed by atoms with Gasteiger partial charge in [0.1, 0.15) is 11.6 Å². The molecule has 0 atom stereocenters. The van der Waals surface area contributed by atoms with Crippen LogP contribution in [0.3, 0.4) is 0 Å². The molecule has 1 heterocycles. The van der Waals surface area contributed by atoms with Crippen molar-refractivity contribution in [2.24, 2.45) is 5.73 Å². The highest BCUT2D eigenvalue weighted by molar-refractivity contribution is 9.10. The lowest BCUT2D eigenvalue weighted by Crippen LogP contribution is -2.13. The average Bonchev–Trinajstić information content (AvgIpc) is 2.37. The topological polar surface area (TPSA) is 48.1 Å². The van der Waals surface area contributed by atoms with Gasteiger partial charge in [0.25, 0.3) is 0 Å². The predicted octanol–water partition coefficient (Wildman–Crippen LogP) is 3.37. The molecule has 0 unspecified atom stereocenters. The molecule has 0 spiro atoms. The van der Waals surface area contributed by atoms with Crippen LogP contribution in [-0.4, -0.2) is 9.97 Å². The number of nitrogens with two attached hydrogens (primary N) is 1. The van der Waals surface area contributed by atoms with Crippen molar-refractivity contribution in [3.63, 3.8) is 0 Å². The van der Waals surface area contributed by atoms with E-state index in [4.69, 9.17) is 22.7 Å². The maximum Gasteiger partial charge on any atom is 0.224 e. The number of aromatic nitrogens is 1. The monoisotopic (exact) mass is 336 g/mol. The van der Waals surface area contributed by atoms with Gasteiger partial charge < -0.3 is 10.5 Å². The second-order valence-corrected chi connectivity index (χ2v) is 5.34. The third-order valence-electron chi connectivity index (χ3n) is 2.59. The zero-order valence-corrected chi connectivity index (χ0v) is 12.8. The maximum absolute atomic E-state index is 5.74. The Kier molecular flexibility index (Phi) is 4.50. The molecule has 0 radical (unpaired) electrons. The second-order valence-electron chi connectivity index (χ2n) is 4.05. The molecule has 2 rings (SSSR count). The van der Waals surface area contributed by atoms with E-state index in [1.807, 2.05) is 43.3 Å². The Morgan fingerprint density at radius 3 is 2.74 bits per heavy atom. The fraction of sp³-hybridized carbons (Fsp3) is 0.143. The Labute approximate surface area is 125 Å². The van der Waals surface area contributed by atoms with Gasteiger partial charge in [-0.3, -0.25) is 0 Å². The first-order valence-electron chi connectivity index (χ1n) is 5.71. The lowest BCUT2D eigenvalue weighted by atomic mass is 10.2. The van der Waals surface area contributed by atoms with Gasteiger partial charge in [0.15, 0.2) is 0 Å². The highest BCUT2D eigenvalue weighted by Gasteiger charge is 2.09. The summed E-state index contributed by atoms with van der Waals surface area (Å²) in [5, 5.41) is 0. The van der Waals surface area contributed by atoms with Gasteiger partial charge in [0.2, 0.25) is 5.88 Å². The van der Waals surface area contributed by atoms with Crippen molar-refractivity contribution in [1.29, 1.82) is 0 Å². The largest absolute Gasteiger partial charge is 0.472 e. The van der Waals surface area contributed by atoms with Crippen LogP contribution in [-0.2, 0) is 6.61 Å². The highest BCUT2D eigenvalue weighted by Crippen LogP contribution is 2.21. The molecular formula is C14H13BrN2OS. The fourth-order valence-corrected chi connectivity index (χ4v) is 2.15. The van der Waals surface area contributed by atoms with Crippen LogP contribution in [0.2, 0.25) is 0 Å². The molecule has 2 aromatic rings. The molecule has 19 heavy (non-hydrogen) atoms. The molecule has 2 N–H and O–H groups in total. The summed E-state index contributed by atoms with van der Waals surface area (Å²) >= 11 is 8.48. The van der Waals surface area contributed by atoms with Crippen LogP contribution < -0.4 is 10.5 Å². The van der Waals surface area contributed by atoms with Crippen LogP contribution in [0.1, 0.15) is 16.8 Å². The summed E-state index contributed by atoms with van der Waals surface area (Å²) in [6, 6.07) is 11.6. The van der Waals surface area contributed by atoms with Crippen molar-refractivity contribution in [3.05, 3.63) is 57.7 Å². The molecule has 0 aliphatic rings. The number of pyridine rings is 1. The van der Waals surface area contributed by atoms with E-state index in [-0.39, 0.29) is 4.99 Å². The molecular weight excluding hydrogens is 324 g/mol. The number of rotatable bonds is 4. The van der Waals surface area contributed by atoms with Crippen molar-refractivity contribution < 1.29 is 4.74 Å². The molecule has 0 aliphatic heterocycles. The maximum atomic E-state index is 5.74. The second kappa shape index (κ2) is 6.12. The van der Waals surface area contributed by atoms with Crippen LogP contribution in [0.25, 0.3) is 0 Å². The van der Waals surface area contributed by atoms with E-state index < -0.39 is 0 Å². The summed E-state index contributed by atoms with van der Waals surface area (Å²) in [5.74, 6) is 0.475. The molecule has 1 aromatic heterocycles. The lowest BCUT2D eigenvalue weighted by molar-refractivity contribution is 0.292. The Bertz CT molecular complexity index is 616. The Morgan fingerprint density at radius 1 is 1.32 bits per heavy atom. The van der Waals surface area contributed by atoms with E-state index in [1.165, 1.54) is 0 Å². The summed E-state index contributed by atoms with van der Waals surface area (Å²) in [6.45, 7) is 2.31. The first-order valence-corrected chi connectivity index (χ1v) is 6.91. The normalized spacial score (nSPS) is 10.2. The van der Waals surface area contributed by atoms with Gasteiger partial charge in [-0.15, -0.1) is 0 Å². The molecule has 0 fully saturated rings. The summed E-state index contributed by atoms with van der Waals surface area (Å²) < 4.78 is 6.74. The van der Waals surface area contributed by atoms with Gasteiger partial charge in [0.05, 0.1) is 5.56 Å². The van der Waals surface area contributed by atoms with Gasteiger partial charge in [0, 0.05) is 15.7 Å². The number of thiocarbonyl (C=S) groups is 1. The summed E-state index contributed by atoms with van der Waals surface area (Å²) in [4.78, 5) is 4.62. The SMILES string of the molecule is Cc1ccc(C(N)=S)c(OCc2ccccc2Br)n1. The molecule has 0 saturated heterocycles. The van der Waals surface area contributed by atoms with Crippen molar-refractivity contribution in [3.8, 4) is 5.88 Å². The van der Waals surface area contributed by atoms with Crippen LogP contribution in [0.4, 0.5) is 0 Å². The molecule has 3 nitrogen and oxygen atoms in total. The van der Waals surface area contributed by atoms with Gasteiger partial charge >= 0.3 is 0 Å².